The number of thiazole rings is 1. The Kier molecular flexibility index (Phi) is 5.42. The first-order valence-electron chi connectivity index (χ1n) is 9.88. The van der Waals surface area contributed by atoms with Crippen LogP contribution < -0.4 is 10.1 Å². The Labute approximate surface area is 179 Å². The van der Waals surface area contributed by atoms with Gasteiger partial charge in [-0.1, -0.05) is 31.3 Å². The fraction of sp³-hybridized carbons (Fsp3) is 0.364. The minimum Gasteiger partial charge on any atom is -0.490 e. The molecule has 3 aromatic rings. The number of pyridine rings is 1. The van der Waals surface area contributed by atoms with Crippen LogP contribution in [0, 0.1) is 5.41 Å². The van der Waals surface area contributed by atoms with E-state index in [1.807, 2.05) is 43.0 Å². The van der Waals surface area contributed by atoms with E-state index in [9.17, 15) is 9.59 Å². The largest absolute Gasteiger partial charge is 0.490 e. The van der Waals surface area contributed by atoms with Crippen molar-refractivity contribution in [2.75, 3.05) is 25.0 Å². The fourth-order valence-electron chi connectivity index (χ4n) is 3.50. The third-order valence-electron chi connectivity index (χ3n) is 5.22. The first kappa shape index (κ1) is 20.3. The fourth-order valence-corrected chi connectivity index (χ4v) is 4.45. The zero-order valence-electron chi connectivity index (χ0n) is 17.3. The Morgan fingerprint density at radius 3 is 2.83 bits per heavy atom. The molecule has 2 amide bonds. The van der Waals surface area contributed by atoms with Crippen LogP contribution in [-0.4, -0.2) is 46.4 Å². The summed E-state index contributed by atoms with van der Waals surface area (Å²) in [5.41, 5.74) is 2.50. The zero-order chi connectivity index (χ0) is 21.3. The molecule has 1 fully saturated rings. The van der Waals surface area contributed by atoms with Gasteiger partial charge in [-0.2, -0.15) is 0 Å². The van der Waals surface area contributed by atoms with Gasteiger partial charge in [-0.25, -0.2) is 4.98 Å². The number of hydrogen-bond donors (Lipinski definition) is 1. The highest BCUT2D eigenvalue weighted by Crippen LogP contribution is 2.32. The van der Waals surface area contributed by atoms with E-state index < -0.39 is 0 Å². The average Bonchev–Trinajstić information content (AvgIpc) is 3.21. The van der Waals surface area contributed by atoms with Crippen molar-refractivity contribution < 1.29 is 14.3 Å². The Morgan fingerprint density at radius 1 is 1.27 bits per heavy atom. The predicted octanol–water partition coefficient (Wildman–Crippen LogP) is 3.95. The summed E-state index contributed by atoms with van der Waals surface area (Å²) in [6.07, 6.45) is 4.35. The number of likely N-dealkylation sites (tertiary alicyclic amines) is 1. The topological polar surface area (TPSA) is 84.4 Å². The molecule has 1 aromatic carbocycles. The van der Waals surface area contributed by atoms with Crippen LogP contribution in [0.3, 0.4) is 0 Å². The molecule has 1 aliphatic heterocycles. The summed E-state index contributed by atoms with van der Waals surface area (Å²) in [5.74, 6) is 0.721. The summed E-state index contributed by atoms with van der Waals surface area (Å²) in [7, 11) is 0. The second kappa shape index (κ2) is 8.02. The highest BCUT2D eigenvalue weighted by molar-refractivity contribution is 7.22. The number of anilines is 1. The molecular formula is C22H24N4O3S. The number of carbonyl (C=O) groups excluding carboxylic acids is 2. The van der Waals surface area contributed by atoms with Crippen LogP contribution in [-0.2, 0) is 9.59 Å². The molecule has 0 saturated carbocycles. The number of benzene rings is 1. The molecule has 1 aliphatic rings. The van der Waals surface area contributed by atoms with Crippen LogP contribution >= 0.6 is 11.3 Å². The lowest BCUT2D eigenvalue weighted by Crippen LogP contribution is -2.34. The van der Waals surface area contributed by atoms with Crippen LogP contribution in [0.1, 0.15) is 27.2 Å². The molecule has 1 saturated heterocycles. The van der Waals surface area contributed by atoms with E-state index in [1.165, 1.54) is 18.3 Å². The SMILES string of the molecule is CC(=O)Nc1nc2ccc(-c3cncc(OCCN4CCC(C)(C)C4=O)c3)cc2s1. The molecule has 0 atom stereocenters. The van der Waals surface area contributed by atoms with Gasteiger partial charge in [0, 0.05) is 30.6 Å². The quantitative estimate of drug-likeness (QED) is 0.648. The van der Waals surface area contributed by atoms with Gasteiger partial charge in [-0.3, -0.25) is 14.6 Å². The number of hydrogen-bond acceptors (Lipinski definition) is 6. The molecule has 156 valence electrons. The summed E-state index contributed by atoms with van der Waals surface area (Å²) in [4.78, 5) is 34.1. The van der Waals surface area contributed by atoms with Gasteiger partial charge in [0.15, 0.2) is 5.13 Å². The lowest BCUT2D eigenvalue weighted by Gasteiger charge is -2.19. The third-order valence-corrected chi connectivity index (χ3v) is 6.15. The number of ether oxygens (including phenoxy) is 1. The van der Waals surface area contributed by atoms with Crippen LogP contribution in [0.2, 0.25) is 0 Å². The highest BCUT2D eigenvalue weighted by Gasteiger charge is 2.38. The number of nitrogens with one attached hydrogen (secondary N) is 1. The molecule has 1 N–H and O–H groups in total. The van der Waals surface area contributed by atoms with Gasteiger partial charge in [0.05, 0.1) is 23.0 Å². The number of aromatic nitrogens is 2. The molecular weight excluding hydrogens is 400 g/mol. The lowest BCUT2D eigenvalue weighted by atomic mass is 9.92. The molecule has 2 aromatic heterocycles. The summed E-state index contributed by atoms with van der Waals surface area (Å²) in [6.45, 7) is 7.23. The standard InChI is InChI=1S/C22H24N4O3S/c1-14(27)24-21-25-18-5-4-15(11-19(18)30-21)16-10-17(13-23-12-16)29-9-8-26-7-6-22(2,3)20(26)28/h4-5,10-13H,6-9H2,1-3H3,(H,24,25,27). The first-order chi connectivity index (χ1) is 14.3. The van der Waals surface area contributed by atoms with Crippen LogP contribution in [0.4, 0.5) is 5.13 Å². The average molecular weight is 425 g/mol. The number of carbonyl (C=O) groups is 2. The van der Waals surface area contributed by atoms with Crippen molar-refractivity contribution >= 4 is 38.5 Å². The van der Waals surface area contributed by atoms with Crippen molar-refractivity contribution in [3.8, 4) is 16.9 Å². The van der Waals surface area contributed by atoms with Crippen molar-refractivity contribution in [1.29, 1.82) is 0 Å². The van der Waals surface area contributed by atoms with Gasteiger partial charge >= 0.3 is 0 Å². The summed E-state index contributed by atoms with van der Waals surface area (Å²) >= 11 is 1.43. The van der Waals surface area contributed by atoms with Gasteiger partial charge in [0.2, 0.25) is 11.8 Å². The maximum absolute atomic E-state index is 12.3. The van der Waals surface area contributed by atoms with E-state index in [0.29, 0.717) is 24.0 Å². The molecule has 8 heteroatoms. The monoisotopic (exact) mass is 424 g/mol. The summed E-state index contributed by atoms with van der Waals surface area (Å²) in [5, 5.41) is 3.31. The van der Waals surface area contributed by atoms with E-state index in [1.54, 1.807) is 12.4 Å². The number of amides is 2. The molecule has 0 spiro atoms. The van der Waals surface area contributed by atoms with E-state index in [-0.39, 0.29) is 17.2 Å². The van der Waals surface area contributed by atoms with E-state index in [2.05, 4.69) is 15.3 Å². The van der Waals surface area contributed by atoms with Crippen molar-refractivity contribution in [1.82, 2.24) is 14.9 Å². The highest BCUT2D eigenvalue weighted by atomic mass is 32.1. The van der Waals surface area contributed by atoms with Gasteiger partial charge in [0.1, 0.15) is 12.4 Å². The molecule has 0 unspecified atom stereocenters. The molecule has 30 heavy (non-hydrogen) atoms. The Morgan fingerprint density at radius 2 is 2.10 bits per heavy atom. The minimum absolute atomic E-state index is 0.137. The number of fused-ring (bicyclic) bond motifs is 1. The summed E-state index contributed by atoms with van der Waals surface area (Å²) in [6, 6.07) is 7.88. The normalized spacial score (nSPS) is 15.6. The second-order valence-corrected chi connectivity index (χ2v) is 9.10. The predicted molar refractivity (Wildman–Crippen MR) is 118 cm³/mol. The smallest absolute Gasteiger partial charge is 0.228 e. The maximum Gasteiger partial charge on any atom is 0.228 e. The van der Waals surface area contributed by atoms with E-state index in [4.69, 9.17) is 4.74 Å². The van der Waals surface area contributed by atoms with Gasteiger partial charge < -0.3 is 15.0 Å². The van der Waals surface area contributed by atoms with Gasteiger partial charge in [-0.15, -0.1) is 0 Å². The molecule has 0 radical (unpaired) electrons. The van der Waals surface area contributed by atoms with Crippen LogP contribution in [0.5, 0.6) is 5.75 Å². The van der Waals surface area contributed by atoms with Crippen molar-refractivity contribution in [3.05, 3.63) is 36.7 Å². The van der Waals surface area contributed by atoms with Crippen LogP contribution in [0.25, 0.3) is 21.3 Å². The van der Waals surface area contributed by atoms with Crippen molar-refractivity contribution in [2.24, 2.45) is 5.41 Å². The molecule has 3 heterocycles. The van der Waals surface area contributed by atoms with Crippen LogP contribution in [0.15, 0.2) is 36.7 Å². The molecule has 0 bridgehead atoms. The molecule has 7 nitrogen and oxygen atoms in total. The maximum atomic E-state index is 12.3. The van der Waals surface area contributed by atoms with Gasteiger partial charge in [0.25, 0.3) is 0 Å². The van der Waals surface area contributed by atoms with E-state index >= 15 is 0 Å². The first-order valence-corrected chi connectivity index (χ1v) is 10.7. The zero-order valence-corrected chi connectivity index (χ0v) is 18.1. The second-order valence-electron chi connectivity index (χ2n) is 8.07. The molecule has 0 aliphatic carbocycles. The Bertz CT molecular complexity index is 1110. The number of nitrogens with zero attached hydrogens (tertiary/aromatic N) is 3. The third kappa shape index (κ3) is 4.28. The van der Waals surface area contributed by atoms with Crippen molar-refractivity contribution in [2.45, 2.75) is 27.2 Å². The Balaban J connectivity index is 1.44. The number of rotatable bonds is 6. The lowest BCUT2D eigenvalue weighted by molar-refractivity contribution is -0.134. The molecule has 4 rings (SSSR count). The van der Waals surface area contributed by atoms with Gasteiger partial charge in [-0.05, 0) is 30.2 Å². The minimum atomic E-state index is -0.267. The summed E-state index contributed by atoms with van der Waals surface area (Å²) < 4.78 is 6.85. The van der Waals surface area contributed by atoms with Crippen molar-refractivity contribution in [3.63, 3.8) is 0 Å². The Hall–Kier alpha value is -3.00. The van der Waals surface area contributed by atoms with E-state index in [0.717, 1.165) is 34.3 Å².